The molecular weight excluding hydrogens is 550 g/mol. The molecule has 0 aromatic carbocycles. The average molecular weight is 588 g/mol. The smallest absolute Gasteiger partial charge is 0.246 e. The monoisotopic (exact) mass is 587 g/mol. The summed E-state index contributed by atoms with van der Waals surface area (Å²) in [5.74, 6) is 0.688. The Morgan fingerprint density at radius 1 is 1.07 bits per heavy atom. The van der Waals surface area contributed by atoms with Crippen molar-refractivity contribution >= 4 is 41.0 Å². The van der Waals surface area contributed by atoms with Gasteiger partial charge < -0.3 is 19.9 Å². The SMILES string of the molecule is O=C(C=Cc1cnc2c(c1)CC1(CCN(C(=O)CC3=CCCOCC3)CC1)C(=O)N2)N1CC=C(Cc2nccs2)CC1. The lowest BCUT2D eigenvalue weighted by Gasteiger charge is -2.43. The molecular formula is C32H37N5O4S. The molecule has 2 aromatic rings. The van der Waals surface area contributed by atoms with Crippen LogP contribution in [0.4, 0.5) is 5.82 Å². The number of likely N-dealkylation sites (tertiary alicyclic amines) is 1. The number of hydrogen-bond donors (Lipinski definition) is 1. The van der Waals surface area contributed by atoms with Crippen LogP contribution < -0.4 is 5.32 Å². The number of nitrogens with one attached hydrogen (secondary N) is 1. The van der Waals surface area contributed by atoms with E-state index in [0.717, 1.165) is 54.0 Å². The van der Waals surface area contributed by atoms with Gasteiger partial charge in [-0.1, -0.05) is 23.3 Å². The number of anilines is 1. The van der Waals surface area contributed by atoms with Gasteiger partial charge in [-0.15, -0.1) is 11.3 Å². The Bertz CT molecular complexity index is 1420. The van der Waals surface area contributed by atoms with Gasteiger partial charge in [-0.3, -0.25) is 14.4 Å². The van der Waals surface area contributed by atoms with E-state index in [0.29, 0.717) is 64.3 Å². The maximum absolute atomic E-state index is 13.2. The molecule has 2 aromatic heterocycles. The van der Waals surface area contributed by atoms with Crippen molar-refractivity contribution in [3.8, 4) is 0 Å². The van der Waals surface area contributed by atoms with Gasteiger partial charge in [-0.25, -0.2) is 9.97 Å². The first kappa shape index (κ1) is 28.5. The van der Waals surface area contributed by atoms with Gasteiger partial charge in [0.2, 0.25) is 17.7 Å². The Morgan fingerprint density at radius 2 is 1.95 bits per heavy atom. The second-order valence-corrected chi connectivity index (χ2v) is 12.6. The summed E-state index contributed by atoms with van der Waals surface area (Å²) in [7, 11) is 0. The van der Waals surface area contributed by atoms with Crippen molar-refractivity contribution in [1.29, 1.82) is 0 Å². The fraction of sp³-hybridized carbons (Fsp3) is 0.469. The second kappa shape index (κ2) is 12.7. The lowest BCUT2D eigenvalue weighted by Crippen LogP contribution is -2.51. The average Bonchev–Trinajstić information content (AvgIpc) is 3.38. The third-order valence-corrected chi connectivity index (χ3v) is 9.62. The standard InChI is InChI=1S/C32H37N5O4S/c38-28(36-11-5-24(6-12-36)19-27-33-10-17-42-27)4-3-25-18-26-21-32(31(40)35-30(26)34-22-25)8-13-37(14-9-32)29(39)20-23-2-1-15-41-16-7-23/h2-5,10,17-18,22H,1,6-9,11-16,19-21H2,(H,34,35,40). The molecule has 1 spiro atoms. The van der Waals surface area contributed by atoms with Crippen molar-refractivity contribution in [3.63, 3.8) is 0 Å². The Kier molecular flexibility index (Phi) is 8.62. The van der Waals surface area contributed by atoms with Gasteiger partial charge in [-0.2, -0.15) is 0 Å². The molecule has 0 bridgehead atoms. The van der Waals surface area contributed by atoms with Gasteiger partial charge >= 0.3 is 0 Å². The summed E-state index contributed by atoms with van der Waals surface area (Å²) in [4.78, 5) is 51.7. The molecule has 6 rings (SSSR count). The Morgan fingerprint density at radius 3 is 2.74 bits per heavy atom. The quantitative estimate of drug-likeness (QED) is 0.402. The normalized spacial score (nSPS) is 20.5. The fourth-order valence-electron chi connectivity index (χ4n) is 6.24. The summed E-state index contributed by atoms with van der Waals surface area (Å²) in [6, 6.07) is 2.02. The van der Waals surface area contributed by atoms with Gasteiger partial charge in [0.05, 0.1) is 23.6 Å². The Labute approximate surface area is 250 Å². The molecule has 0 atom stereocenters. The van der Waals surface area contributed by atoms with Crippen LogP contribution in [0.25, 0.3) is 6.08 Å². The van der Waals surface area contributed by atoms with Crippen molar-refractivity contribution in [1.82, 2.24) is 19.8 Å². The van der Waals surface area contributed by atoms with Gasteiger partial charge in [0.25, 0.3) is 0 Å². The first-order chi connectivity index (χ1) is 20.5. The number of amides is 3. The first-order valence-corrected chi connectivity index (χ1v) is 15.7. The topological polar surface area (TPSA) is 105 Å². The second-order valence-electron chi connectivity index (χ2n) is 11.6. The summed E-state index contributed by atoms with van der Waals surface area (Å²) in [5, 5.41) is 6.11. The zero-order valence-electron chi connectivity index (χ0n) is 23.8. The molecule has 1 saturated heterocycles. The van der Waals surface area contributed by atoms with Crippen LogP contribution in [0.15, 0.2) is 53.2 Å². The third-order valence-electron chi connectivity index (χ3n) is 8.84. The molecule has 1 fully saturated rings. The third kappa shape index (κ3) is 6.55. The highest BCUT2D eigenvalue weighted by Gasteiger charge is 2.45. The van der Waals surface area contributed by atoms with Gasteiger partial charge in [-0.05, 0) is 61.8 Å². The predicted molar refractivity (Wildman–Crippen MR) is 162 cm³/mol. The van der Waals surface area contributed by atoms with Crippen molar-refractivity contribution in [2.45, 2.75) is 51.4 Å². The number of fused-ring (bicyclic) bond motifs is 1. The number of piperidine rings is 1. The zero-order valence-corrected chi connectivity index (χ0v) is 24.7. The lowest BCUT2D eigenvalue weighted by atomic mass is 9.71. The molecule has 4 aliphatic heterocycles. The van der Waals surface area contributed by atoms with Crippen LogP contribution in [0.3, 0.4) is 0 Å². The Hall–Kier alpha value is -3.63. The minimum absolute atomic E-state index is 0.0101. The number of hydrogen-bond acceptors (Lipinski definition) is 7. The van der Waals surface area contributed by atoms with Crippen molar-refractivity contribution < 1.29 is 19.1 Å². The van der Waals surface area contributed by atoms with E-state index in [1.54, 1.807) is 23.6 Å². The van der Waals surface area contributed by atoms with Crippen LogP contribution in [0.2, 0.25) is 0 Å². The molecule has 42 heavy (non-hydrogen) atoms. The number of ether oxygens (including phenoxy) is 1. The molecule has 6 heterocycles. The van der Waals surface area contributed by atoms with E-state index in [2.05, 4.69) is 27.4 Å². The number of aromatic nitrogens is 2. The molecule has 10 heteroatoms. The van der Waals surface area contributed by atoms with E-state index >= 15 is 0 Å². The molecule has 0 saturated carbocycles. The number of carbonyl (C=O) groups excluding carboxylic acids is 3. The zero-order chi connectivity index (χ0) is 28.9. The number of thiazole rings is 1. The molecule has 220 valence electrons. The van der Waals surface area contributed by atoms with Crippen molar-refractivity contribution in [2.24, 2.45) is 5.41 Å². The molecule has 1 N–H and O–H groups in total. The fourth-order valence-corrected chi connectivity index (χ4v) is 6.91. The van der Waals surface area contributed by atoms with E-state index in [9.17, 15) is 14.4 Å². The van der Waals surface area contributed by atoms with E-state index in [1.807, 2.05) is 33.5 Å². The maximum Gasteiger partial charge on any atom is 0.246 e. The van der Waals surface area contributed by atoms with Crippen LogP contribution in [0.5, 0.6) is 0 Å². The molecule has 3 amide bonds. The number of rotatable bonds is 6. The van der Waals surface area contributed by atoms with Crippen LogP contribution in [-0.2, 0) is 32.0 Å². The predicted octanol–water partition coefficient (Wildman–Crippen LogP) is 4.18. The lowest BCUT2D eigenvalue weighted by molar-refractivity contribution is -0.137. The first-order valence-electron chi connectivity index (χ1n) is 14.8. The van der Waals surface area contributed by atoms with E-state index in [-0.39, 0.29) is 17.7 Å². The van der Waals surface area contributed by atoms with Crippen molar-refractivity contribution in [3.05, 3.63) is 69.3 Å². The van der Waals surface area contributed by atoms with E-state index in [1.165, 1.54) is 5.57 Å². The highest BCUT2D eigenvalue weighted by atomic mass is 32.1. The largest absolute Gasteiger partial charge is 0.381 e. The summed E-state index contributed by atoms with van der Waals surface area (Å²) in [5.41, 5.74) is 3.74. The van der Waals surface area contributed by atoms with E-state index in [4.69, 9.17) is 4.74 Å². The minimum atomic E-state index is -0.546. The van der Waals surface area contributed by atoms with Gasteiger partial charge in [0.15, 0.2) is 0 Å². The summed E-state index contributed by atoms with van der Waals surface area (Å²) in [6.45, 7) is 3.83. The van der Waals surface area contributed by atoms with Crippen LogP contribution >= 0.6 is 11.3 Å². The van der Waals surface area contributed by atoms with E-state index < -0.39 is 5.41 Å². The van der Waals surface area contributed by atoms with Gasteiger partial charge in [0, 0.05) is 62.9 Å². The molecule has 9 nitrogen and oxygen atoms in total. The summed E-state index contributed by atoms with van der Waals surface area (Å²) < 4.78 is 5.50. The number of carbonyl (C=O) groups is 3. The number of nitrogens with zero attached hydrogens (tertiary/aromatic N) is 4. The Balaban J connectivity index is 1.04. The van der Waals surface area contributed by atoms with Crippen LogP contribution in [0.1, 0.15) is 54.7 Å². The summed E-state index contributed by atoms with van der Waals surface area (Å²) in [6.07, 6.45) is 16.9. The minimum Gasteiger partial charge on any atom is -0.381 e. The van der Waals surface area contributed by atoms with Crippen molar-refractivity contribution in [2.75, 3.05) is 44.7 Å². The molecule has 4 aliphatic rings. The van der Waals surface area contributed by atoms with Gasteiger partial charge in [0.1, 0.15) is 5.82 Å². The molecule has 0 aliphatic carbocycles. The maximum atomic E-state index is 13.2. The highest BCUT2D eigenvalue weighted by molar-refractivity contribution is 7.09. The number of pyridine rings is 1. The molecule has 0 unspecified atom stereocenters. The summed E-state index contributed by atoms with van der Waals surface area (Å²) >= 11 is 1.66. The highest BCUT2D eigenvalue weighted by Crippen LogP contribution is 2.41. The molecule has 0 radical (unpaired) electrons. The van der Waals surface area contributed by atoms with Crippen LogP contribution in [-0.4, -0.2) is 76.9 Å². The van der Waals surface area contributed by atoms with Crippen LogP contribution in [0, 0.1) is 5.41 Å².